The maximum atomic E-state index is 13.2. The Labute approximate surface area is 173 Å². The smallest absolute Gasteiger partial charge is 0.269 e. The molecule has 0 aromatic heterocycles. The van der Waals surface area contributed by atoms with Crippen LogP contribution in [-0.4, -0.2) is 44.7 Å². The maximum Gasteiger partial charge on any atom is 0.269 e. The summed E-state index contributed by atoms with van der Waals surface area (Å²) < 4.78 is 0. The highest BCUT2D eigenvalue weighted by molar-refractivity contribution is 7.80. The van der Waals surface area contributed by atoms with Crippen LogP contribution in [0.3, 0.4) is 0 Å². The molecular formula is C21H19N3O4S. The van der Waals surface area contributed by atoms with E-state index in [0.29, 0.717) is 29.8 Å². The summed E-state index contributed by atoms with van der Waals surface area (Å²) in [4.78, 5) is 39.8. The van der Waals surface area contributed by atoms with Gasteiger partial charge >= 0.3 is 0 Å². The third-order valence-corrected chi connectivity index (χ3v) is 5.13. The van der Waals surface area contributed by atoms with Gasteiger partial charge in [0.1, 0.15) is 5.57 Å². The molecule has 8 heteroatoms. The van der Waals surface area contributed by atoms with Crippen molar-refractivity contribution in [1.82, 2.24) is 9.80 Å². The summed E-state index contributed by atoms with van der Waals surface area (Å²) in [7, 11) is 0. The number of hydrogen-bond donors (Lipinski definition) is 0. The first kappa shape index (κ1) is 20.3. The second-order valence-corrected chi connectivity index (χ2v) is 6.67. The molecule has 1 heterocycles. The summed E-state index contributed by atoms with van der Waals surface area (Å²) in [6, 6.07) is 14.8. The Bertz CT molecular complexity index is 988. The molecular weight excluding hydrogens is 390 g/mol. The highest BCUT2D eigenvalue weighted by atomic mass is 32.1. The number of non-ortho nitro benzene ring substituents is 1. The largest absolute Gasteiger partial charge is 0.285 e. The highest BCUT2D eigenvalue weighted by Gasteiger charge is 2.40. The summed E-state index contributed by atoms with van der Waals surface area (Å²) in [5.41, 5.74) is 1.56. The number of likely N-dealkylation sites (N-methyl/N-ethyl adjacent to an activating group) is 2. The molecule has 1 aliphatic heterocycles. The number of rotatable bonds is 5. The molecule has 0 N–H and O–H groups in total. The molecule has 2 aromatic carbocycles. The SMILES string of the molecule is CCN1C(=O)C(=C(c2ccccc2)c2ccc([N+](=O)[O-])cc2)C(=O)N(CC)C1=S. The van der Waals surface area contributed by atoms with E-state index >= 15 is 0 Å². The van der Waals surface area contributed by atoms with Crippen LogP contribution in [0.1, 0.15) is 25.0 Å². The standard InChI is InChI=1S/C21H19N3O4S/c1-3-22-19(25)18(20(26)23(4-2)21(22)29)17(14-8-6-5-7-9-14)15-10-12-16(13-11-15)24(27)28/h5-13H,3-4H2,1-2H3. The summed E-state index contributed by atoms with van der Waals surface area (Å²) in [6.07, 6.45) is 0. The minimum Gasteiger partial charge on any atom is -0.285 e. The molecule has 0 aliphatic carbocycles. The summed E-state index contributed by atoms with van der Waals surface area (Å²) in [6.45, 7) is 4.24. The topological polar surface area (TPSA) is 83.8 Å². The molecule has 1 fully saturated rings. The fourth-order valence-electron chi connectivity index (χ4n) is 3.26. The Morgan fingerprint density at radius 1 is 0.897 bits per heavy atom. The van der Waals surface area contributed by atoms with Gasteiger partial charge in [-0.1, -0.05) is 30.3 Å². The van der Waals surface area contributed by atoms with Gasteiger partial charge in [-0.15, -0.1) is 0 Å². The molecule has 0 radical (unpaired) electrons. The van der Waals surface area contributed by atoms with E-state index < -0.39 is 16.7 Å². The molecule has 0 saturated carbocycles. The lowest BCUT2D eigenvalue weighted by Crippen LogP contribution is -2.56. The van der Waals surface area contributed by atoms with Crippen molar-refractivity contribution in [2.45, 2.75) is 13.8 Å². The molecule has 7 nitrogen and oxygen atoms in total. The average Bonchev–Trinajstić information content (AvgIpc) is 2.72. The van der Waals surface area contributed by atoms with E-state index in [9.17, 15) is 19.7 Å². The Hall–Kier alpha value is -3.39. The molecule has 0 bridgehead atoms. The molecule has 148 valence electrons. The van der Waals surface area contributed by atoms with Crippen molar-refractivity contribution in [2.75, 3.05) is 13.1 Å². The minimum atomic E-state index is -0.494. The summed E-state index contributed by atoms with van der Waals surface area (Å²) in [5.74, 6) is -0.936. The van der Waals surface area contributed by atoms with Crippen LogP contribution in [0.25, 0.3) is 5.57 Å². The summed E-state index contributed by atoms with van der Waals surface area (Å²) >= 11 is 5.33. The molecule has 0 unspecified atom stereocenters. The fraction of sp³-hybridized carbons (Fsp3) is 0.190. The van der Waals surface area contributed by atoms with Crippen molar-refractivity contribution in [1.29, 1.82) is 0 Å². The first-order valence-electron chi connectivity index (χ1n) is 9.12. The van der Waals surface area contributed by atoms with Crippen molar-refractivity contribution >= 4 is 40.4 Å². The van der Waals surface area contributed by atoms with E-state index in [0.717, 1.165) is 0 Å². The van der Waals surface area contributed by atoms with Gasteiger partial charge in [-0.2, -0.15) is 0 Å². The molecule has 0 spiro atoms. The first-order valence-corrected chi connectivity index (χ1v) is 9.53. The number of nitro groups is 1. The second kappa shape index (κ2) is 8.32. The first-order chi connectivity index (χ1) is 13.9. The molecule has 0 atom stereocenters. The Kier molecular flexibility index (Phi) is 5.84. The van der Waals surface area contributed by atoms with Gasteiger partial charge in [-0.3, -0.25) is 29.5 Å². The van der Waals surface area contributed by atoms with Gasteiger partial charge < -0.3 is 0 Å². The van der Waals surface area contributed by atoms with E-state index in [2.05, 4.69) is 0 Å². The molecule has 29 heavy (non-hydrogen) atoms. The minimum absolute atomic E-state index is 0.00218. The van der Waals surface area contributed by atoms with E-state index in [4.69, 9.17) is 12.2 Å². The molecule has 2 aromatic rings. The van der Waals surface area contributed by atoms with Crippen molar-refractivity contribution in [3.05, 3.63) is 81.4 Å². The van der Waals surface area contributed by atoms with Gasteiger partial charge in [0.2, 0.25) is 0 Å². The number of nitrogens with zero attached hydrogens (tertiary/aromatic N) is 3. The van der Waals surface area contributed by atoms with Crippen LogP contribution in [0, 0.1) is 10.1 Å². The number of hydrogen-bond acceptors (Lipinski definition) is 5. The van der Waals surface area contributed by atoms with Gasteiger partial charge in [0, 0.05) is 30.8 Å². The second-order valence-electron chi connectivity index (χ2n) is 6.30. The van der Waals surface area contributed by atoms with Crippen LogP contribution in [0.15, 0.2) is 60.2 Å². The lowest BCUT2D eigenvalue weighted by atomic mass is 9.90. The third kappa shape index (κ3) is 3.66. The predicted molar refractivity (Wildman–Crippen MR) is 113 cm³/mol. The zero-order valence-electron chi connectivity index (χ0n) is 16.0. The number of amides is 2. The Morgan fingerprint density at radius 3 is 1.83 bits per heavy atom. The van der Waals surface area contributed by atoms with Crippen LogP contribution in [0.5, 0.6) is 0 Å². The van der Waals surface area contributed by atoms with Gasteiger partial charge in [-0.25, -0.2) is 0 Å². The van der Waals surface area contributed by atoms with E-state index in [1.807, 2.05) is 6.07 Å². The lowest BCUT2D eigenvalue weighted by Gasteiger charge is -2.36. The average molecular weight is 409 g/mol. The zero-order chi connectivity index (χ0) is 21.1. The van der Waals surface area contributed by atoms with Crippen molar-refractivity contribution < 1.29 is 14.5 Å². The number of thiocarbonyl (C=S) groups is 1. The quantitative estimate of drug-likeness (QED) is 0.248. The Morgan fingerprint density at radius 2 is 1.38 bits per heavy atom. The van der Waals surface area contributed by atoms with E-state index in [1.54, 1.807) is 50.2 Å². The molecule has 1 saturated heterocycles. The van der Waals surface area contributed by atoms with Gasteiger partial charge in [-0.05, 0) is 49.3 Å². The van der Waals surface area contributed by atoms with Crippen LogP contribution in [0.4, 0.5) is 5.69 Å². The third-order valence-electron chi connectivity index (χ3n) is 4.69. The molecule has 1 aliphatic rings. The van der Waals surface area contributed by atoms with Crippen LogP contribution in [0.2, 0.25) is 0 Å². The van der Waals surface area contributed by atoms with Gasteiger partial charge in [0.15, 0.2) is 5.11 Å². The molecule has 3 rings (SSSR count). The maximum absolute atomic E-state index is 13.2. The lowest BCUT2D eigenvalue weighted by molar-refractivity contribution is -0.384. The van der Waals surface area contributed by atoms with Crippen molar-refractivity contribution in [3.63, 3.8) is 0 Å². The van der Waals surface area contributed by atoms with Gasteiger partial charge in [0.25, 0.3) is 17.5 Å². The van der Waals surface area contributed by atoms with Crippen LogP contribution < -0.4 is 0 Å². The van der Waals surface area contributed by atoms with Crippen LogP contribution in [-0.2, 0) is 9.59 Å². The summed E-state index contributed by atoms with van der Waals surface area (Å²) in [5, 5.41) is 11.2. The zero-order valence-corrected chi connectivity index (χ0v) is 16.8. The normalized spacial score (nSPS) is 14.4. The number of nitro benzene ring substituents is 1. The number of benzene rings is 2. The highest BCUT2D eigenvalue weighted by Crippen LogP contribution is 2.32. The van der Waals surface area contributed by atoms with E-state index in [1.165, 1.54) is 21.9 Å². The predicted octanol–water partition coefficient (Wildman–Crippen LogP) is 3.39. The number of carbonyl (C=O) groups excluding carboxylic acids is 2. The van der Waals surface area contributed by atoms with Crippen LogP contribution >= 0.6 is 12.2 Å². The van der Waals surface area contributed by atoms with E-state index in [-0.39, 0.29) is 16.4 Å². The number of carbonyl (C=O) groups is 2. The van der Waals surface area contributed by atoms with Crippen molar-refractivity contribution in [3.8, 4) is 0 Å². The molecule has 2 amide bonds. The monoisotopic (exact) mass is 409 g/mol. The Balaban J connectivity index is 2.30. The fourth-order valence-corrected chi connectivity index (χ4v) is 3.69. The van der Waals surface area contributed by atoms with Crippen molar-refractivity contribution in [2.24, 2.45) is 0 Å². The van der Waals surface area contributed by atoms with Gasteiger partial charge in [0.05, 0.1) is 4.92 Å².